The van der Waals surface area contributed by atoms with E-state index in [1.165, 1.54) is 5.39 Å². The number of aromatic nitrogens is 2. The second-order valence-electron chi connectivity index (χ2n) is 2.78. The largest absolute Gasteiger partial charge is 0.354 e. The van der Waals surface area contributed by atoms with E-state index in [1.54, 1.807) is 12.3 Å². The Hall–Kier alpha value is -1.83. The van der Waals surface area contributed by atoms with E-state index in [9.17, 15) is 0 Å². The van der Waals surface area contributed by atoms with E-state index in [0.717, 1.165) is 11.2 Å². The number of hydrogen-bond donors (Lipinski definition) is 1. The van der Waals surface area contributed by atoms with Crippen LogP contribution >= 0.6 is 0 Å². The number of H-pyrrole nitrogens is 1. The van der Waals surface area contributed by atoms with Crippen molar-refractivity contribution in [3.63, 3.8) is 0 Å². The summed E-state index contributed by atoms with van der Waals surface area (Å²) in [6, 6.07) is 4.06. The van der Waals surface area contributed by atoms with Gasteiger partial charge in [-0.1, -0.05) is 18.7 Å². The second-order valence-corrected chi connectivity index (χ2v) is 2.78. The van der Waals surface area contributed by atoms with Crippen LogP contribution in [0, 0.1) is 0 Å². The van der Waals surface area contributed by atoms with Crippen molar-refractivity contribution in [3.05, 3.63) is 49.0 Å². The van der Waals surface area contributed by atoms with Gasteiger partial charge >= 0.3 is 0 Å². The average Bonchev–Trinajstić information content (AvgIpc) is 2.57. The van der Waals surface area contributed by atoms with Gasteiger partial charge in [0.25, 0.3) is 0 Å². The zero-order valence-corrected chi connectivity index (χ0v) is 7.20. The van der Waals surface area contributed by atoms with Crippen LogP contribution in [0.2, 0.25) is 0 Å². The molecule has 2 heteroatoms. The minimum absolute atomic E-state index is 1.06. The van der Waals surface area contributed by atoms with Gasteiger partial charge in [0.05, 0.1) is 11.7 Å². The van der Waals surface area contributed by atoms with Crippen LogP contribution in [0.5, 0.6) is 0 Å². The molecule has 2 aromatic rings. The lowest BCUT2D eigenvalue weighted by molar-refractivity contribution is 1.33. The fourth-order valence-electron chi connectivity index (χ4n) is 1.26. The first-order valence-electron chi connectivity index (χ1n) is 4.12. The van der Waals surface area contributed by atoms with Crippen molar-refractivity contribution in [2.75, 3.05) is 0 Å². The van der Waals surface area contributed by atoms with Crippen molar-refractivity contribution in [2.45, 2.75) is 0 Å². The van der Waals surface area contributed by atoms with E-state index in [1.807, 2.05) is 24.4 Å². The summed E-state index contributed by atoms with van der Waals surface area (Å²) >= 11 is 0. The molecule has 0 aliphatic carbocycles. The molecule has 0 atom stereocenters. The first-order chi connectivity index (χ1) is 6.40. The van der Waals surface area contributed by atoms with Gasteiger partial charge in [-0.05, 0) is 18.2 Å². The standard InChI is InChI=1S/C11H10N2/c1-2-3-4-10-7-9-5-6-12-8-11(9)13-10/h2-8,13H,1H2/b4-3-. The van der Waals surface area contributed by atoms with Crippen LogP contribution in [0.1, 0.15) is 5.69 Å². The topological polar surface area (TPSA) is 28.7 Å². The summed E-state index contributed by atoms with van der Waals surface area (Å²) < 4.78 is 0. The molecule has 13 heavy (non-hydrogen) atoms. The molecule has 0 amide bonds. The quantitative estimate of drug-likeness (QED) is 0.690. The SMILES string of the molecule is C=C/C=C\c1cc2ccncc2[nH]1. The van der Waals surface area contributed by atoms with Gasteiger partial charge in [-0.15, -0.1) is 0 Å². The molecule has 0 aliphatic rings. The Balaban J connectivity index is 2.49. The number of hydrogen-bond acceptors (Lipinski definition) is 1. The first-order valence-corrected chi connectivity index (χ1v) is 4.12. The van der Waals surface area contributed by atoms with Gasteiger partial charge in [-0.2, -0.15) is 0 Å². The lowest BCUT2D eigenvalue weighted by Gasteiger charge is -1.83. The molecule has 0 bridgehead atoms. The zero-order chi connectivity index (χ0) is 9.10. The number of pyridine rings is 1. The molecule has 0 radical (unpaired) electrons. The van der Waals surface area contributed by atoms with Gasteiger partial charge in [0.15, 0.2) is 0 Å². The molecule has 2 heterocycles. The van der Waals surface area contributed by atoms with Crippen LogP contribution < -0.4 is 0 Å². The van der Waals surface area contributed by atoms with Crippen LogP contribution in [-0.4, -0.2) is 9.97 Å². The summed E-state index contributed by atoms with van der Waals surface area (Å²) in [5, 5.41) is 1.18. The molecular formula is C11H10N2. The highest BCUT2D eigenvalue weighted by Crippen LogP contribution is 2.14. The highest BCUT2D eigenvalue weighted by Gasteiger charge is 1.95. The number of aromatic amines is 1. The Kier molecular flexibility index (Phi) is 1.96. The van der Waals surface area contributed by atoms with E-state index in [4.69, 9.17) is 0 Å². The molecule has 0 saturated carbocycles. The summed E-state index contributed by atoms with van der Waals surface area (Å²) in [7, 11) is 0. The Morgan fingerprint density at radius 3 is 3.15 bits per heavy atom. The Bertz CT molecular complexity index is 419. The van der Waals surface area contributed by atoms with Crippen molar-refractivity contribution in [1.82, 2.24) is 9.97 Å². The maximum absolute atomic E-state index is 4.03. The highest BCUT2D eigenvalue weighted by atomic mass is 14.7. The number of allylic oxidation sites excluding steroid dienone is 2. The molecule has 0 saturated heterocycles. The van der Waals surface area contributed by atoms with Gasteiger partial charge in [0.2, 0.25) is 0 Å². The summed E-state index contributed by atoms with van der Waals surface area (Å²) in [5.74, 6) is 0. The predicted octanol–water partition coefficient (Wildman–Crippen LogP) is 2.76. The van der Waals surface area contributed by atoms with E-state index in [0.29, 0.717) is 0 Å². The third kappa shape index (κ3) is 1.51. The molecule has 2 rings (SSSR count). The second kappa shape index (κ2) is 3.27. The van der Waals surface area contributed by atoms with Crippen molar-refractivity contribution in [2.24, 2.45) is 0 Å². The van der Waals surface area contributed by atoms with Crippen LogP contribution in [-0.2, 0) is 0 Å². The molecule has 1 N–H and O–H groups in total. The monoisotopic (exact) mass is 170 g/mol. The average molecular weight is 170 g/mol. The normalized spacial score (nSPS) is 11.1. The molecule has 0 aliphatic heterocycles. The molecule has 0 spiro atoms. The van der Waals surface area contributed by atoms with Gasteiger partial charge in [-0.25, -0.2) is 0 Å². The van der Waals surface area contributed by atoms with Crippen LogP contribution in [0.25, 0.3) is 17.0 Å². The third-order valence-electron chi connectivity index (χ3n) is 1.86. The fourth-order valence-corrected chi connectivity index (χ4v) is 1.26. The smallest absolute Gasteiger partial charge is 0.0645 e. The van der Waals surface area contributed by atoms with Crippen molar-refractivity contribution in [1.29, 1.82) is 0 Å². The van der Waals surface area contributed by atoms with Gasteiger partial charge in [0, 0.05) is 17.3 Å². The molecule has 2 aromatic heterocycles. The number of nitrogens with zero attached hydrogens (tertiary/aromatic N) is 1. The Labute approximate surface area is 76.6 Å². The predicted molar refractivity (Wildman–Crippen MR) is 55.3 cm³/mol. The number of rotatable bonds is 2. The van der Waals surface area contributed by atoms with Crippen LogP contribution in [0.4, 0.5) is 0 Å². The van der Waals surface area contributed by atoms with Gasteiger partial charge in [-0.3, -0.25) is 4.98 Å². The van der Waals surface area contributed by atoms with E-state index in [-0.39, 0.29) is 0 Å². The third-order valence-corrected chi connectivity index (χ3v) is 1.86. The maximum atomic E-state index is 4.03. The van der Waals surface area contributed by atoms with Crippen LogP contribution in [0.3, 0.4) is 0 Å². The molecule has 2 nitrogen and oxygen atoms in total. The van der Waals surface area contributed by atoms with Crippen molar-refractivity contribution >= 4 is 17.0 Å². The van der Waals surface area contributed by atoms with E-state index in [2.05, 4.69) is 22.6 Å². The van der Waals surface area contributed by atoms with Gasteiger partial charge < -0.3 is 4.98 Å². The van der Waals surface area contributed by atoms with E-state index >= 15 is 0 Å². The Morgan fingerprint density at radius 1 is 1.46 bits per heavy atom. The molecule has 0 aromatic carbocycles. The van der Waals surface area contributed by atoms with E-state index < -0.39 is 0 Å². The minimum atomic E-state index is 1.06. The zero-order valence-electron chi connectivity index (χ0n) is 7.20. The lowest BCUT2D eigenvalue weighted by Crippen LogP contribution is -1.70. The molecular weight excluding hydrogens is 160 g/mol. The molecule has 0 fully saturated rings. The lowest BCUT2D eigenvalue weighted by atomic mass is 10.3. The van der Waals surface area contributed by atoms with Crippen LogP contribution in [0.15, 0.2) is 43.3 Å². The summed E-state index contributed by atoms with van der Waals surface area (Å²) in [6.45, 7) is 3.62. The molecule has 64 valence electrons. The summed E-state index contributed by atoms with van der Waals surface area (Å²) in [4.78, 5) is 7.26. The van der Waals surface area contributed by atoms with Crippen molar-refractivity contribution in [3.8, 4) is 0 Å². The minimum Gasteiger partial charge on any atom is -0.354 e. The van der Waals surface area contributed by atoms with Crippen molar-refractivity contribution < 1.29 is 0 Å². The fraction of sp³-hybridized carbons (Fsp3) is 0. The highest BCUT2D eigenvalue weighted by molar-refractivity contribution is 5.81. The summed E-state index contributed by atoms with van der Waals surface area (Å²) in [6.07, 6.45) is 9.24. The Morgan fingerprint density at radius 2 is 2.38 bits per heavy atom. The van der Waals surface area contributed by atoms with Gasteiger partial charge in [0.1, 0.15) is 0 Å². The molecule has 0 unspecified atom stereocenters. The number of nitrogens with one attached hydrogen (secondary N) is 1. The number of fused-ring (bicyclic) bond motifs is 1. The summed E-state index contributed by atoms with van der Waals surface area (Å²) in [5.41, 5.74) is 2.13. The maximum Gasteiger partial charge on any atom is 0.0645 e. The first kappa shape index (κ1) is 7.80.